The molecule has 2 amide bonds. The fourth-order valence-corrected chi connectivity index (χ4v) is 2.80. The first-order chi connectivity index (χ1) is 11.3. The molecule has 0 spiro atoms. The summed E-state index contributed by atoms with van der Waals surface area (Å²) in [6.45, 7) is 3.65. The average Bonchev–Trinajstić information content (AvgIpc) is 2.49. The average molecular weight is 348 g/mol. The van der Waals surface area contributed by atoms with Gasteiger partial charge in [-0.25, -0.2) is 13.2 Å². The minimum absolute atomic E-state index is 0.153. The highest BCUT2D eigenvalue weighted by molar-refractivity contribution is 7.90. The Balaban J connectivity index is 2.02. The lowest BCUT2D eigenvalue weighted by atomic mass is 10.2. The first-order valence-electron chi connectivity index (χ1n) is 7.39. The fourth-order valence-electron chi connectivity index (χ4n) is 2.15. The Bertz CT molecular complexity index is 822. The molecule has 0 radical (unpaired) electrons. The van der Waals surface area contributed by atoms with Crippen LogP contribution in [0, 0.1) is 6.92 Å². The molecular formula is C16H20N4O3S. The van der Waals surface area contributed by atoms with E-state index in [9.17, 15) is 13.2 Å². The third-order valence-corrected chi connectivity index (χ3v) is 4.51. The van der Waals surface area contributed by atoms with Gasteiger partial charge in [0.2, 0.25) is 0 Å². The zero-order chi connectivity index (χ0) is 17.7. The fraction of sp³-hybridized carbons (Fsp3) is 0.312. The van der Waals surface area contributed by atoms with Crippen LogP contribution in [-0.4, -0.2) is 36.7 Å². The largest absolute Gasteiger partial charge is 0.335 e. The molecule has 1 aromatic heterocycles. The third-order valence-electron chi connectivity index (χ3n) is 3.39. The number of nitrogens with zero attached hydrogens (tertiary/aromatic N) is 2. The van der Waals surface area contributed by atoms with E-state index in [1.165, 1.54) is 12.1 Å². The number of amides is 2. The lowest BCUT2D eigenvalue weighted by Crippen LogP contribution is -2.37. The third kappa shape index (κ3) is 5.02. The van der Waals surface area contributed by atoms with Gasteiger partial charge in [-0.15, -0.1) is 0 Å². The number of hydrogen-bond donors (Lipinski definition) is 2. The highest BCUT2D eigenvalue weighted by Crippen LogP contribution is 2.20. The molecule has 0 saturated carbocycles. The number of aryl methyl sites for hydroxylation is 1. The topological polar surface area (TPSA) is 101 Å². The second-order valence-corrected chi connectivity index (χ2v) is 7.67. The molecule has 1 atom stereocenters. The quantitative estimate of drug-likeness (QED) is 0.860. The second kappa shape index (κ2) is 7.39. The van der Waals surface area contributed by atoms with Crippen molar-refractivity contribution in [3.8, 4) is 0 Å². The molecule has 0 aliphatic carbocycles. The Hall–Kier alpha value is -2.48. The van der Waals surface area contributed by atoms with Crippen molar-refractivity contribution in [2.24, 2.45) is 0 Å². The Kier molecular flexibility index (Phi) is 5.50. The second-order valence-electron chi connectivity index (χ2n) is 5.65. The van der Waals surface area contributed by atoms with Gasteiger partial charge in [-0.2, -0.15) is 0 Å². The number of carbonyl (C=O) groups is 1. The van der Waals surface area contributed by atoms with E-state index in [1.807, 2.05) is 6.92 Å². The van der Waals surface area contributed by atoms with Crippen LogP contribution >= 0.6 is 0 Å². The molecule has 128 valence electrons. The van der Waals surface area contributed by atoms with Crippen molar-refractivity contribution in [3.63, 3.8) is 0 Å². The van der Waals surface area contributed by atoms with Crippen LogP contribution in [0.2, 0.25) is 0 Å². The van der Waals surface area contributed by atoms with Crippen molar-refractivity contribution in [1.29, 1.82) is 0 Å². The number of urea groups is 1. The molecule has 1 aromatic carbocycles. The zero-order valence-electron chi connectivity index (χ0n) is 13.8. The van der Waals surface area contributed by atoms with Crippen molar-refractivity contribution in [3.05, 3.63) is 48.0 Å². The maximum Gasteiger partial charge on any atom is 0.319 e. The summed E-state index contributed by atoms with van der Waals surface area (Å²) in [5.41, 5.74) is 2.02. The normalized spacial score (nSPS) is 12.5. The zero-order valence-corrected chi connectivity index (χ0v) is 14.6. The molecule has 0 aliphatic heterocycles. The molecule has 24 heavy (non-hydrogen) atoms. The van der Waals surface area contributed by atoms with Gasteiger partial charge in [-0.1, -0.05) is 6.07 Å². The number of rotatable bonds is 5. The summed E-state index contributed by atoms with van der Waals surface area (Å²) in [5, 5.41) is 5.48. The smallest absolute Gasteiger partial charge is 0.319 e. The van der Waals surface area contributed by atoms with Crippen molar-refractivity contribution < 1.29 is 13.2 Å². The summed E-state index contributed by atoms with van der Waals surface area (Å²) in [5.74, 6) is 0. The lowest BCUT2D eigenvalue weighted by Gasteiger charge is -2.15. The van der Waals surface area contributed by atoms with Gasteiger partial charge in [0.05, 0.1) is 10.6 Å². The summed E-state index contributed by atoms with van der Waals surface area (Å²) in [6.07, 6.45) is 6.51. The molecular weight excluding hydrogens is 328 g/mol. The van der Waals surface area contributed by atoms with E-state index in [0.717, 1.165) is 17.5 Å². The van der Waals surface area contributed by atoms with Gasteiger partial charge in [-0.3, -0.25) is 9.97 Å². The Labute approximate surface area is 141 Å². The predicted octanol–water partition coefficient (Wildman–Crippen LogP) is 1.94. The van der Waals surface area contributed by atoms with E-state index in [4.69, 9.17) is 0 Å². The van der Waals surface area contributed by atoms with Crippen LogP contribution in [0.1, 0.15) is 18.2 Å². The molecule has 7 nitrogen and oxygen atoms in total. The van der Waals surface area contributed by atoms with E-state index < -0.39 is 15.9 Å². The predicted molar refractivity (Wildman–Crippen MR) is 91.6 cm³/mol. The summed E-state index contributed by atoms with van der Waals surface area (Å²) >= 11 is 0. The SMILES string of the molecule is Cc1ccc(S(C)(=O)=O)cc1NC(=O)N[C@H](C)Cc1cnccn1. The van der Waals surface area contributed by atoms with E-state index in [-0.39, 0.29) is 10.9 Å². The van der Waals surface area contributed by atoms with E-state index in [0.29, 0.717) is 12.1 Å². The monoisotopic (exact) mass is 348 g/mol. The Morgan fingerprint density at radius 1 is 1.29 bits per heavy atom. The molecule has 8 heteroatoms. The molecule has 0 aliphatic rings. The van der Waals surface area contributed by atoms with Crippen molar-refractivity contribution in [1.82, 2.24) is 15.3 Å². The van der Waals surface area contributed by atoms with Gasteiger partial charge < -0.3 is 10.6 Å². The van der Waals surface area contributed by atoms with Crippen LogP contribution in [-0.2, 0) is 16.3 Å². The van der Waals surface area contributed by atoms with E-state index in [1.54, 1.807) is 31.6 Å². The lowest BCUT2D eigenvalue weighted by molar-refractivity contribution is 0.249. The number of anilines is 1. The molecule has 0 unspecified atom stereocenters. The van der Waals surface area contributed by atoms with Gasteiger partial charge >= 0.3 is 6.03 Å². The maximum absolute atomic E-state index is 12.1. The Morgan fingerprint density at radius 3 is 2.67 bits per heavy atom. The van der Waals surface area contributed by atoms with Gasteiger partial charge in [0, 0.05) is 43.0 Å². The van der Waals surface area contributed by atoms with E-state index in [2.05, 4.69) is 20.6 Å². The number of hydrogen-bond acceptors (Lipinski definition) is 5. The molecule has 0 fully saturated rings. The maximum atomic E-state index is 12.1. The molecule has 1 heterocycles. The first kappa shape index (κ1) is 17.9. The number of aromatic nitrogens is 2. The molecule has 0 bridgehead atoms. The van der Waals surface area contributed by atoms with Gasteiger partial charge in [0.1, 0.15) is 0 Å². The summed E-state index contributed by atoms with van der Waals surface area (Å²) in [4.78, 5) is 20.4. The minimum Gasteiger partial charge on any atom is -0.335 e. The highest BCUT2D eigenvalue weighted by Gasteiger charge is 2.13. The summed E-state index contributed by atoms with van der Waals surface area (Å²) in [7, 11) is -3.33. The standard InChI is InChI=1S/C16H20N4O3S/c1-11-4-5-14(24(3,22)23)9-15(11)20-16(21)19-12(2)8-13-10-17-6-7-18-13/h4-7,9-10,12H,8H2,1-3H3,(H2,19,20,21)/t12-/m1/s1. The number of sulfone groups is 1. The van der Waals surface area contributed by atoms with Gasteiger partial charge in [0.15, 0.2) is 9.84 Å². The van der Waals surface area contributed by atoms with Gasteiger partial charge in [0.25, 0.3) is 0 Å². The van der Waals surface area contributed by atoms with Crippen LogP contribution in [0.5, 0.6) is 0 Å². The van der Waals surface area contributed by atoms with Crippen molar-refractivity contribution in [2.75, 3.05) is 11.6 Å². The summed E-state index contributed by atoms with van der Waals surface area (Å²) < 4.78 is 23.2. The highest BCUT2D eigenvalue weighted by atomic mass is 32.2. The first-order valence-corrected chi connectivity index (χ1v) is 9.28. The van der Waals surface area contributed by atoms with E-state index >= 15 is 0 Å². The van der Waals surface area contributed by atoms with Crippen LogP contribution in [0.15, 0.2) is 41.7 Å². The Morgan fingerprint density at radius 2 is 2.04 bits per heavy atom. The summed E-state index contributed by atoms with van der Waals surface area (Å²) in [6, 6.07) is 4.08. The van der Waals surface area contributed by atoms with Crippen molar-refractivity contribution >= 4 is 21.6 Å². The van der Waals surface area contributed by atoms with Crippen LogP contribution < -0.4 is 10.6 Å². The minimum atomic E-state index is -3.33. The van der Waals surface area contributed by atoms with Crippen LogP contribution in [0.4, 0.5) is 10.5 Å². The molecule has 2 aromatic rings. The van der Waals surface area contributed by atoms with Crippen LogP contribution in [0.3, 0.4) is 0 Å². The van der Waals surface area contributed by atoms with Gasteiger partial charge in [-0.05, 0) is 31.5 Å². The molecule has 2 rings (SSSR count). The van der Waals surface area contributed by atoms with Crippen molar-refractivity contribution in [2.45, 2.75) is 31.2 Å². The molecule has 2 N–H and O–H groups in total. The number of benzene rings is 1. The molecule has 0 saturated heterocycles. The number of nitrogens with one attached hydrogen (secondary N) is 2. The van der Waals surface area contributed by atoms with Crippen LogP contribution in [0.25, 0.3) is 0 Å². The number of carbonyl (C=O) groups excluding carboxylic acids is 1.